The Bertz CT molecular complexity index is 801. The van der Waals surface area contributed by atoms with Crippen molar-refractivity contribution >= 4 is 34.1 Å². The minimum Gasteiger partial charge on any atom is -0.351 e. The molecule has 1 heterocycles. The highest BCUT2D eigenvalue weighted by molar-refractivity contribution is 6.06. The normalized spacial score (nSPS) is 10.4. The Morgan fingerprint density at radius 1 is 0.909 bits per heavy atom. The Morgan fingerprint density at radius 2 is 1.55 bits per heavy atom. The first-order valence-electron chi connectivity index (χ1n) is 6.88. The first-order chi connectivity index (χ1) is 10.6. The van der Waals surface area contributed by atoms with Crippen LogP contribution in [0.3, 0.4) is 0 Å². The van der Waals surface area contributed by atoms with E-state index in [0.717, 1.165) is 10.9 Å². The predicted molar refractivity (Wildman–Crippen MR) is 87.0 cm³/mol. The fraction of sp³-hybridized carbons (Fsp3) is 0.0588. The Kier molecular flexibility index (Phi) is 3.62. The molecule has 3 aromatic rings. The van der Waals surface area contributed by atoms with E-state index in [9.17, 15) is 9.59 Å². The van der Waals surface area contributed by atoms with E-state index in [1.54, 1.807) is 24.3 Å². The molecule has 1 aromatic heterocycles. The van der Waals surface area contributed by atoms with Gasteiger partial charge < -0.3 is 15.6 Å². The van der Waals surface area contributed by atoms with Crippen molar-refractivity contribution in [2.45, 2.75) is 6.92 Å². The number of anilines is 2. The Hall–Kier alpha value is -3.08. The number of aromatic amines is 1. The average molecular weight is 293 g/mol. The molecule has 0 radical (unpaired) electrons. The van der Waals surface area contributed by atoms with E-state index >= 15 is 0 Å². The summed E-state index contributed by atoms with van der Waals surface area (Å²) in [5.74, 6) is -0.335. The Morgan fingerprint density at radius 3 is 2.18 bits per heavy atom. The summed E-state index contributed by atoms with van der Waals surface area (Å²) in [6, 6.07) is 16.5. The van der Waals surface area contributed by atoms with E-state index in [0.29, 0.717) is 17.1 Å². The molecule has 5 heteroatoms. The maximum Gasteiger partial charge on any atom is 0.272 e. The van der Waals surface area contributed by atoms with Gasteiger partial charge in [-0.1, -0.05) is 18.2 Å². The third-order valence-electron chi connectivity index (χ3n) is 3.24. The number of para-hydroxylation sites is 1. The molecular formula is C17H15N3O2. The van der Waals surface area contributed by atoms with Gasteiger partial charge in [-0.2, -0.15) is 0 Å². The molecule has 0 fully saturated rings. The van der Waals surface area contributed by atoms with Crippen LogP contribution < -0.4 is 10.6 Å². The number of carbonyl (C=O) groups excluding carboxylic acids is 2. The summed E-state index contributed by atoms with van der Waals surface area (Å²) in [5, 5.41) is 6.49. The number of hydrogen-bond acceptors (Lipinski definition) is 2. The lowest BCUT2D eigenvalue weighted by atomic mass is 10.2. The summed E-state index contributed by atoms with van der Waals surface area (Å²) in [7, 11) is 0. The fourth-order valence-electron chi connectivity index (χ4n) is 2.23. The standard InChI is InChI=1S/C17H15N3O2/c1-11(21)18-13-6-8-14(9-7-13)19-17(22)16-10-12-4-2-3-5-15(12)20-16/h2-10,20H,1H3,(H,18,21)(H,19,22). The number of aromatic nitrogens is 1. The van der Waals surface area contributed by atoms with Gasteiger partial charge in [0.1, 0.15) is 5.69 Å². The summed E-state index contributed by atoms with van der Waals surface area (Å²) in [4.78, 5) is 26.3. The first kappa shape index (κ1) is 13.9. The molecule has 2 amide bonds. The highest BCUT2D eigenvalue weighted by Crippen LogP contribution is 2.17. The number of amides is 2. The van der Waals surface area contributed by atoms with Gasteiger partial charge in [-0.3, -0.25) is 9.59 Å². The number of carbonyl (C=O) groups is 2. The van der Waals surface area contributed by atoms with E-state index in [-0.39, 0.29) is 11.8 Å². The summed E-state index contributed by atoms with van der Waals surface area (Å²) >= 11 is 0. The Balaban J connectivity index is 1.74. The fourth-order valence-corrected chi connectivity index (χ4v) is 2.23. The van der Waals surface area contributed by atoms with Crippen LogP contribution in [0.5, 0.6) is 0 Å². The number of hydrogen-bond donors (Lipinski definition) is 3. The van der Waals surface area contributed by atoms with Gasteiger partial charge in [0.05, 0.1) is 0 Å². The lowest BCUT2D eigenvalue weighted by molar-refractivity contribution is -0.114. The minimum absolute atomic E-state index is 0.130. The topological polar surface area (TPSA) is 74.0 Å². The smallest absolute Gasteiger partial charge is 0.272 e. The zero-order chi connectivity index (χ0) is 15.5. The van der Waals surface area contributed by atoms with Crippen LogP contribution in [0.4, 0.5) is 11.4 Å². The van der Waals surface area contributed by atoms with Crippen LogP contribution >= 0.6 is 0 Å². The lowest BCUT2D eigenvalue weighted by Crippen LogP contribution is -2.12. The maximum absolute atomic E-state index is 12.2. The van der Waals surface area contributed by atoms with Crippen molar-refractivity contribution in [3.05, 3.63) is 60.3 Å². The van der Waals surface area contributed by atoms with E-state index in [4.69, 9.17) is 0 Å². The zero-order valence-corrected chi connectivity index (χ0v) is 12.0. The summed E-state index contributed by atoms with van der Waals surface area (Å²) in [6.45, 7) is 1.45. The summed E-state index contributed by atoms with van der Waals surface area (Å²) in [6.07, 6.45) is 0. The quantitative estimate of drug-likeness (QED) is 0.692. The van der Waals surface area contributed by atoms with Gasteiger partial charge in [-0.15, -0.1) is 0 Å². The molecule has 0 atom stereocenters. The molecule has 0 spiro atoms. The van der Waals surface area contributed by atoms with E-state index in [1.807, 2.05) is 30.3 Å². The SMILES string of the molecule is CC(=O)Nc1ccc(NC(=O)c2cc3ccccc3[nH]2)cc1. The molecule has 3 N–H and O–H groups in total. The van der Waals surface area contributed by atoms with Crippen LogP contribution in [0, 0.1) is 0 Å². The van der Waals surface area contributed by atoms with E-state index < -0.39 is 0 Å². The minimum atomic E-state index is -0.205. The van der Waals surface area contributed by atoms with Crippen LogP contribution in [0.1, 0.15) is 17.4 Å². The van der Waals surface area contributed by atoms with Gasteiger partial charge in [0, 0.05) is 29.2 Å². The van der Waals surface area contributed by atoms with Crippen LogP contribution in [-0.4, -0.2) is 16.8 Å². The molecule has 110 valence electrons. The number of H-pyrrole nitrogens is 1. The molecule has 22 heavy (non-hydrogen) atoms. The van der Waals surface area contributed by atoms with Crippen LogP contribution in [-0.2, 0) is 4.79 Å². The number of nitrogens with one attached hydrogen (secondary N) is 3. The second-order valence-corrected chi connectivity index (χ2v) is 4.98. The monoisotopic (exact) mass is 293 g/mol. The second kappa shape index (κ2) is 5.73. The molecule has 0 aliphatic heterocycles. The molecule has 0 bridgehead atoms. The van der Waals surface area contributed by atoms with Crippen molar-refractivity contribution < 1.29 is 9.59 Å². The van der Waals surface area contributed by atoms with Gasteiger partial charge in [-0.25, -0.2) is 0 Å². The van der Waals surface area contributed by atoms with Crippen LogP contribution in [0.15, 0.2) is 54.6 Å². The lowest BCUT2D eigenvalue weighted by Gasteiger charge is -2.06. The molecule has 0 aliphatic rings. The van der Waals surface area contributed by atoms with Crippen molar-refractivity contribution in [3.8, 4) is 0 Å². The van der Waals surface area contributed by atoms with Gasteiger partial charge in [-0.05, 0) is 36.4 Å². The number of fused-ring (bicyclic) bond motifs is 1. The molecule has 0 saturated carbocycles. The third kappa shape index (κ3) is 2.98. The second-order valence-electron chi connectivity index (χ2n) is 4.98. The average Bonchev–Trinajstić information content (AvgIpc) is 2.93. The van der Waals surface area contributed by atoms with E-state index in [2.05, 4.69) is 15.6 Å². The van der Waals surface area contributed by atoms with Gasteiger partial charge in [0.2, 0.25) is 5.91 Å². The maximum atomic E-state index is 12.2. The number of benzene rings is 2. The highest BCUT2D eigenvalue weighted by atomic mass is 16.2. The first-order valence-corrected chi connectivity index (χ1v) is 6.88. The van der Waals surface area contributed by atoms with Crippen molar-refractivity contribution in [1.82, 2.24) is 4.98 Å². The van der Waals surface area contributed by atoms with Crippen LogP contribution in [0.2, 0.25) is 0 Å². The third-order valence-corrected chi connectivity index (χ3v) is 3.24. The summed E-state index contributed by atoms with van der Waals surface area (Å²) < 4.78 is 0. The molecular weight excluding hydrogens is 278 g/mol. The van der Waals surface area contributed by atoms with Gasteiger partial charge in [0.25, 0.3) is 5.91 Å². The van der Waals surface area contributed by atoms with Crippen molar-refractivity contribution in [3.63, 3.8) is 0 Å². The predicted octanol–water partition coefficient (Wildman–Crippen LogP) is 3.38. The number of rotatable bonds is 3. The van der Waals surface area contributed by atoms with Gasteiger partial charge >= 0.3 is 0 Å². The Labute approximate surface area is 127 Å². The van der Waals surface area contributed by atoms with Gasteiger partial charge in [0.15, 0.2) is 0 Å². The molecule has 0 saturated heterocycles. The molecule has 2 aromatic carbocycles. The molecule has 0 aliphatic carbocycles. The summed E-state index contributed by atoms with van der Waals surface area (Å²) in [5.41, 5.74) is 2.79. The highest BCUT2D eigenvalue weighted by Gasteiger charge is 2.09. The van der Waals surface area contributed by atoms with Crippen molar-refractivity contribution in [1.29, 1.82) is 0 Å². The molecule has 3 rings (SSSR count). The van der Waals surface area contributed by atoms with E-state index in [1.165, 1.54) is 6.92 Å². The molecule has 5 nitrogen and oxygen atoms in total. The molecule has 0 unspecified atom stereocenters. The van der Waals surface area contributed by atoms with Crippen molar-refractivity contribution in [2.24, 2.45) is 0 Å². The zero-order valence-electron chi connectivity index (χ0n) is 12.0. The largest absolute Gasteiger partial charge is 0.351 e. The van der Waals surface area contributed by atoms with Crippen LogP contribution in [0.25, 0.3) is 10.9 Å². The van der Waals surface area contributed by atoms with Crippen molar-refractivity contribution in [2.75, 3.05) is 10.6 Å².